The molecule has 6 nitrogen and oxygen atoms in total. The SMILES string of the molecule is O=S(=O)(Nc1cc(Br)c(F)cc1F)c1[nH]ncc1CO. The van der Waals surface area contributed by atoms with Gasteiger partial charge in [0.25, 0.3) is 10.0 Å². The fraction of sp³-hybridized carbons (Fsp3) is 0.100. The quantitative estimate of drug-likeness (QED) is 0.717. The van der Waals surface area contributed by atoms with Gasteiger partial charge in [0.05, 0.1) is 23.0 Å². The number of aliphatic hydroxyl groups excluding tert-OH is 1. The van der Waals surface area contributed by atoms with Crippen molar-refractivity contribution in [3.63, 3.8) is 0 Å². The van der Waals surface area contributed by atoms with Crippen LogP contribution >= 0.6 is 15.9 Å². The van der Waals surface area contributed by atoms with E-state index in [1.165, 1.54) is 0 Å². The fourth-order valence-corrected chi connectivity index (χ4v) is 2.97. The zero-order chi connectivity index (χ0) is 14.9. The molecule has 0 saturated carbocycles. The van der Waals surface area contributed by atoms with Crippen molar-refractivity contribution in [2.75, 3.05) is 4.72 Å². The van der Waals surface area contributed by atoms with Crippen LogP contribution in [0.2, 0.25) is 0 Å². The van der Waals surface area contributed by atoms with E-state index in [2.05, 4.69) is 26.1 Å². The highest BCUT2D eigenvalue weighted by Crippen LogP contribution is 2.26. The van der Waals surface area contributed by atoms with Crippen LogP contribution < -0.4 is 4.72 Å². The van der Waals surface area contributed by atoms with Crippen LogP contribution in [-0.4, -0.2) is 23.7 Å². The summed E-state index contributed by atoms with van der Waals surface area (Å²) in [6.07, 6.45) is 1.13. The molecule has 108 valence electrons. The molecule has 0 unspecified atom stereocenters. The van der Waals surface area contributed by atoms with Crippen LogP contribution in [0, 0.1) is 11.6 Å². The van der Waals surface area contributed by atoms with Crippen molar-refractivity contribution >= 4 is 31.6 Å². The van der Waals surface area contributed by atoms with Gasteiger partial charge < -0.3 is 5.11 Å². The number of anilines is 1. The maximum Gasteiger partial charge on any atom is 0.279 e. The minimum atomic E-state index is -4.18. The fourth-order valence-electron chi connectivity index (χ4n) is 1.44. The number of aromatic nitrogens is 2. The molecule has 1 aromatic carbocycles. The number of H-pyrrole nitrogens is 1. The van der Waals surface area contributed by atoms with Crippen molar-refractivity contribution < 1.29 is 22.3 Å². The molecule has 0 amide bonds. The lowest BCUT2D eigenvalue weighted by atomic mass is 10.3. The molecule has 0 aliphatic rings. The second kappa shape index (κ2) is 5.46. The van der Waals surface area contributed by atoms with E-state index >= 15 is 0 Å². The molecular weight excluding hydrogens is 360 g/mol. The van der Waals surface area contributed by atoms with Gasteiger partial charge in [-0.2, -0.15) is 13.5 Å². The van der Waals surface area contributed by atoms with Gasteiger partial charge in [-0.05, 0) is 22.0 Å². The lowest BCUT2D eigenvalue weighted by molar-refractivity contribution is 0.278. The third kappa shape index (κ3) is 2.81. The first-order chi connectivity index (χ1) is 9.35. The highest BCUT2D eigenvalue weighted by atomic mass is 79.9. The van der Waals surface area contributed by atoms with Crippen molar-refractivity contribution in [3.05, 3.63) is 40.0 Å². The van der Waals surface area contributed by atoms with Gasteiger partial charge in [0, 0.05) is 11.6 Å². The number of halogens is 3. The Labute approximate surface area is 121 Å². The second-order valence-electron chi connectivity index (χ2n) is 3.73. The third-order valence-corrected chi connectivity index (χ3v) is 4.36. The van der Waals surface area contributed by atoms with E-state index < -0.39 is 34.0 Å². The van der Waals surface area contributed by atoms with Gasteiger partial charge in [0.1, 0.15) is 11.6 Å². The summed E-state index contributed by atoms with van der Waals surface area (Å²) in [5.41, 5.74) is -0.407. The predicted molar refractivity (Wildman–Crippen MR) is 69.4 cm³/mol. The molecule has 0 spiro atoms. The highest BCUT2D eigenvalue weighted by Gasteiger charge is 2.22. The zero-order valence-corrected chi connectivity index (χ0v) is 12.1. The van der Waals surface area contributed by atoms with Gasteiger partial charge in [0.2, 0.25) is 0 Å². The molecule has 0 saturated heterocycles. The number of benzene rings is 1. The molecule has 20 heavy (non-hydrogen) atoms. The van der Waals surface area contributed by atoms with Gasteiger partial charge in [-0.3, -0.25) is 9.82 Å². The van der Waals surface area contributed by atoms with Crippen LogP contribution in [0.4, 0.5) is 14.5 Å². The Morgan fingerprint density at radius 3 is 2.70 bits per heavy atom. The molecular formula is C10H8BrF2N3O3S. The molecule has 0 fully saturated rings. The smallest absolute Gasteiger partial charge is 0.279 e. The van der Waals surface area contributed by atoms with E-state index in [4.69, 9.17) is 5.11 Å². The Kier molecular flexibility index (Phi) is 4.06. The summed E-state index contributed by atoms with van der Waals surface area (Å²) in [6.45, 7) is -0.553. The number of sulfonamides is 1. The van der Waals surface area contributed by atoms with Gasteiger partial charge in [-0.15, -0.1) is 0 Å². The minimum Gasteiger partial charge on any atom is -0.392 e. The van der Waals surface area contributed by atoms with Crippen LogP contribution in [0.5, 0.6) is 0 Å². The Morgan fingerprint density at radius 1 is 1.35 bits per heavy atom. The molecule has 2 aromatic rings. The molecule has 0 radical (unpaired) electrons. The summed E-state index contributed by atoms with van der Waals surface area (Å²) < 4.78 is 52.5. The van der Waals surface area contributed by atoms with Crippen molar-refractivity contribution in [2.45, 2.75) is 11.6 Å². The number of nitrogens with one attached hydrogen (secondary N) is 2. The monoisotopic (exact) mass is 367 g/mol. The number of rotatable bonds is 4. The maximum absolute atomic E-state index is 13.5. The van der Waals surface area contributed by atoms with Gasteiger partial charge >= 0.3 is 0 Å². The van der Waals surface area contributed by atoms with Crippen molar-refractivity contribution in [1.82, 2.24) is 10.2 Å². The van der Waals surface area contributed by atoms with E-state index in [0.29, 0.717) is 6.07 Å². The number of hydrogen-bond acceptors (Lipinski definition) is 4. The topological polar surface area (TPSA) is 95.1 Å². The van der Waals surface area contributed by atoms with E-state index in [0.717, 1.165) is 12.3 Å². The van der Waals surface area contributed by atoms with E-state index in [9.17, 15) is 17.2 Å². The van der Waals surface area contributed by atoms with E-state index in [-0.39, 0.29) is 15.1 Å². The minimum absolute atomic E-state index is 0.0269. The first-order valence-electron chi connectivity index (χ1n) is 5.15. The summed E-state index contributed by atoms with van der Waals surface area (Å²) in [4.78, 5) is 0. The number of nitrogens with zero attached hydrogens (tertiary/aromatic N) is 1. The van der Waals surface area contributed by atoms with Gasteiger partial charge in [0.15, 0.2) is 5.03 Å². The number of hydrogen-bond donors (Lipinski definition) is 3. The standard InChI is InChI=1S/C10H8BrF2N3O3S/c11-6-1-9(8(13)2-7(6)12)16-20(18,19)10-5(4-17)3-14-15-10/h1-3,16-17H,4H2,(H,14,15). The molecule has 1 heterocycles. The second-order valence-corrected chi connectivity index (χ2v) is 6.21. The molecule has 1 aromatic heterocycles. The maximum atomic E-state index is 13.5. The summed E-state index contributed by atoms with van der Waals surface area (Å²) in [5.74, 6) is -1.93. The lowest BCUT2D eigenvalue weighted by Gasteiger charge is -2.09. The van der Waals surface area contributed by atoms with Crippen LogP contribution in [0.25, 0.3) is 0 Å². The first kappa shape index (κ1) is 14.9. The molecule has 10 heteroatoms. The Bertz CT molecular complexity index is 748. The third-order valence-electron chi connectivity index (χ3n) is 2.37. The van der Waals surface area contributed by atoms with Crippen LogP contribution in [-0.2, 0) is 16.6 Å². The molecule has 0 aliphatic heterocycles. The summed E-state index contributed by atoms with van der Waals surface area (Å²) >= 11 is 2.83. The van der Waals surface area contributed by atoms with Crippen LogP contribution in [0.3, 0.4) is 0 Å². The van der Waals surface area contributed by atoms with Gasteiger partial charge in [-0.25, -0.2) is 8.78 Å². The average Bonchev–Trinajstić information content (AvgIpc) is 2.84. The Hall–Kier alpha value is -1.52. The average molecular weight is 368 g/mol. The zero-order valence-electron chi connectivity index (χ0n) is 9.69. The largest absolute Gasteiger partial charge is 0.392 e. The van der Waals surface area contributed by atoms with Crippen LogP contribution in [0.15, 0.2) is 27.8 Å². The van der Waals surface area contributed by atoms with E-state index in [1.807, 2.05) is 4.72 Å². The van der Waals surface area contributed by atoms with Gasteiger partial charge in [-0.1, -0.05) is 0 Å². The van der Waals surface area contributed by atoms with Crippen LogP contribution in [0.1, 0.15) is 5.56 Å². The molecule has 0 aliphatic carbocycles. The Balaban J connectivity index is 2.41. The first-order valence-corrected chi connectivity index (χ1v) is 7.43. The van der Waals surface area contributed by atoms with Crippen molar-refractivity contribution in [1.29, 1.82) is 0 Å². The Morgan fingerprint density at radius 2 is 2.05 bits per heavy atom. The summed E-state index contributed by atoms with van der Waals surface area (Å²) in [6, 6.07) is 1.50. The molecule has 2 rings (SSSR count). The number of aromatic amines is 1. The highest BCUT2D eigenvalue weighted by molar-refractivity contribution is 9.10. The molecule has 0 atom stereocenters. The number of aliphatic hydroxyl groups is 1. The molecule has 0 bridgehead atoms. The summed E-state index contributed by atoms with van der Waals surface area (Å²) in [5, 5.41) is 14.3. The van der Waals surface area contributed by atoms with Crippen molar-refractivity contribution in [3.8, 4) is 0 Å². The normalized spacial score (nSPS) is 11.6. The summed E-state index contributed by atoms with van der Waals surface area (Å²) in [7, 11) is -4.18. The lowest BCUT2D eigenvalue weighted by Crippen LogP contribution is -2.16. The van der Waals surface area contributed by atoms with E-state index in [1.54, 1.807) is 0 Å². The predicted octanol–water partition coefficient (Wildman–Crippen LogP) is 1.74. The van der Waals surface area contributed by atoms with Crippen molar-refractivity contribution in [2.24, 2.45) is 0 Å². The molecule has 3 N–H and O–H groups in total.